The number of nitrogens with zero attached hydrogens (tertiary/aromatic N) is 10. The van der Waals surface area contributed by atoms with Crippen molar-refractivity contribution >= 4 is 43.9 Å². The van der Waals surface area contributed by atoms with Crippen LogP contribution in [0.15, 0.2) is 153 Å². The average Bonchev–Trinajstić information content (AvgIpc) is 4.17. The molecule has 14 heteroatoms. The quantitative estimate of drug-likeness (QED) is 0.125. The number of benzene rings is 2. The third kappa shape index (κ3) is 7.42. The molecule has 0 unspecified atom stereocenters. The molecule has 0 aliphatic rings. The number of aromatic amines is 4. The summed E-state index contributed by atoms with van der Waals surface area (Å²) in [5.74, 6) is 1.40. The van der Waals surface area contributed by atoms with Crippen LogP contribution in [0.5, 0.6) is 0 Å². The van der Waals surface area contributed by atoms with E-state index in [9.17, 15) is 0 Å². The normalized spacial score (nSPS) is 11.1. The number of aryl methyl sites for hydroxylation is 1. The number of fused-ring (bicyclic) bond motifs is 4. The van der Waals surface area contributed by atoms with Crippen LogP contribution in [0.2, 0.25) is 0 Å². The van der Waals surface area contributed by atoms with Crippen LogP contribution in [0.1, 0.15) is 19.4 Å². The number of para-hydroxylation sites is 2. The van der Waals surface area contributed by atoms with Crippen LogP contribution in [0.25, 0.3) is 112 Å². The van der Waals surface area contributed by atoms with Gasteiger partial charge in [0, 0.05) is 70.2 Å². The molecule has 0 saturated carbocycles. The molecule has 4 N–H and O–H groups in total. The van der Waals surface area contributed by atoms with Crippen LogP contribution in [-0.2, 0) is 0 Å². The minimum absolute atomic E-state index is 0.698. The van der Waals surface area contributed by atoms with E-state index in [-0.39, 0.29) is 0 Å². The van der Waals surface area contributed by atoms with Crippen LogP contribution in [0.3, 0.4) is 0 Å². The van der Waals surface area contributed by atoms with Gasteiger partial charge < -0.3 is 9.97 Å². The minimum atomic E-state index is 0.698. The zero-order valence-electron chi connectivity index (χ0n) is 34.4. The SMILES string of the molecule is CC.Cc1cncc(-c2cc3c(-c4nc5c(-c6ccccn6)cccc5[nH]4)n[nH]c3cn2)c1.c1ccc(-c2cccc3[nH]c(-c4n[nH]c5cnc(-c6ccncc6)cc45)nc23)nc1. The van der Waals surface area contributed by atoms with E-state index >= 15 is 0 Å². The third-order valence-corrected chi connectivity index (χ3v) is 10.4. The summed E-state index contributed by atoms with van der Waals surface area (Å²) in [6.45, 7) is 6.02. The summed E-state index contributed by atoms with van der Waals surface area (Å²) >= 11 is 0. The van der Waals surface area contributed by atoms with Gasteiger partial charge in [-0.25, -0.2) is 9.97 Å². The largest absolute Gasteiger partial charge is 0.337 e. The van der Waals surface area contributed by atoms with Crippen molar-refractivity contribution in [1.29, 1.82) is 0 Å². The van der Waals surface area contributed by atoms with Gasteiger partial charge in [0.1, 0.15) is 11.4 Å². The number of nitrogens with one attached hydrogen (secondary N) is 4. The van der Waals surface area contributed by atoms with Crippen molar-refractivity contribution in [3.63, 3.8) is 0 Å². The highest BCUT2D eigenvalue weighted by atomic mass is 15.1. The van der Waals surface area contributed by atoms with Gasteiger partial charge in [-0.05, 0) is 79.2 Å². The van der Waals surface area contributed by atoms with Gasteiger partial charge in [0.15, 0.2) is 11.6 Å². The molecular weight excluding hydrogens is 785 g/mol. The maximum atomic E-state index is 4.89. The lowest BCUT2D eigenvalue weighted by molar-refractivity contribution is 1.10. The summed E-state index contributed by atoms with van der Waals surface area (Å²) in [5.41, 5.74) is 15.3. The number of H-pyrrole nitrogens is 4. The molecule has 0 bridgehead atoms. The van der Waals surface area contributed by atoms with Gasteiger partial charge >= 0.3 is 0 Å². The molecule has 10 heterocycles. The molecule has 0 saturated heterocycles. The zero-order chi connectivity index (χ0) is 42.7. The molecule has 63 heavy (non-hydrogen) atoms. The Labute approximate surface area is 360 Å². The highest BCUT2D eigenvalue weighted by molar-refractivity contribution is 5.99. The van der Waals surface area contributed by atoms with Gasteiger partial charge in [0.25, 0.3) is 0 Å². The average molecular weight is 823 g/mol. The number of pyridine rings is 6. The first-order valence-electron chi connectivity index (χ1n) is 20.4. The molecule has 0 atom stereocenters. The van der Waals surface area contributed by atoms with Crippen molar-refractivity contribution in [2.75, 3.05) is 0 Å². The summed E-state index contributed by atoms with van der Waals surface area (Å²) in [4.78, 5) is 43.0. The Balaban J connectivity index is 0.000000144. The first-order chi connectivity index (χ1) is 31.1. The molecule has 304 valence electrons. The molecular formula is C49H38N14. The molecule has 0 fully saturated rings. The summed E-state index contributed by atoms with van der Waals surface area (Å²) in [7, 11) is 0. The van der Waals surface area contributed by atoms with E-state index < -0.39 is 0 Å². The van der Waals surface area contributed by atoms with E-state index in [1.807, 2.05) is 130 Å². The lowest BCUT2D eigenvalue weighted by atomic mass is 10.1. The number of aromatic nitrogens is 14. The number of hydrogen-bond donors (Lipinski definition) is 4. The van der Waals surface area contributed by atoms with E-state index in [1.165, 1.54) is 0 Å². The molecule has 2 aromatic carbocycles. The molecule has 0 radical (unpaired) electrons. The number of rotatable bonds is 6. The molecule has 0 aliphatic heterocycles. The van der Waals surface area contributed by atoms with Crippen molar-refractivity contribution in [3.05, 3.63) is 158 Å². The molecule has 14 nitrogen and oxygen atoms in total. The van der Waals surface area contributed by atoms with E-state index in [4.69, 9.17) is 9.97 Å². The lowest BCUT2D eigenvalue weighted by Gasteiger charge is -2.02. The summed E-state index contributed by atoms with van der Waals surface area (Å²) in [5, 5.41) is 17.1. The predicted molar refractivity (Wildman–Crippen MR) is 247 cm³/mol. The summed E-state index contributed by atoms with van der Waals surface area (Å²) in [6, 6.07) is 33.8. The van der Waals surface area contributed by atoms with Crippen LogP contribution >= 0.6 is 0 Å². The smallest absolute Gasteiger partial charge is 0.159 e. The third-order valence-electron chi connectivity index (χ3n) is 10.4. The molecule has 10 aromatic heterocycles. The Morgan fingerprint density at radius 3 is 1.48 bits per heavy atom. The fraction of sp³-hybridized carbons (Fsp3) is 0.0612. The molecule has 12 rings (SSSR count). The zero-order valence-corrected chi connectivity index (χ0v) is 34.4. The van der Waals surface area contributed by atoms with Crippen molar-refractivity contribution in [2.45, 2.75) is 20.8 Å². The van der Waals surface area contributed by atoms with Gasteiger partial charge in [-0.2, -0.15) is 10.2 Å². The monoisotopic (exact) mass is 822 g/mol. The molecule has 0 amide bonds. The van der Waals surface area contributed by atoms with Crippen molar-refractivity contribution < 1.29 is 0 Å². The first kappa shape index (κ1) is 38.4. The van der Waals surface area contributed by atoms with E-state index in [2.05, 4.69) is 66.3 Å². The van der Waals surface area contributed by atoms with Crippen LogP contribution < -0.4 is 0 Å². The molecule has 0 aliphatic carbocycles. The van der Waals surface area contributed by atoms with Gasteiger partial charge in [0.2, 0.25) is 0 Å². The van der Waals surface area contributed by atoms with Gasteiger partial charge in [-0.3, -0.25) is 40.1 Å². The standard InChI is InChI=1S/C24H17N7.C23H15N7.C2H6/c1-14-9-15(12-25-11-14)20-10-17-21(13-27-20)30-31-23(17)24-28-19-7-4-5-16(22(19)29-24)18-6-2-3-8-26-18;1-2-9-25-17(5-1)15-4-3-6-18-21(15)28-23(27-18)22-16-12-19(14-7-10-24-11-8-14)26-13-20(16)29-30-22;1-2/h2-13H,1H3,(H,28,29)(H,30,31);1-13H,(H,27,28)(H,29,30);1-2H3. The lowest BCUT2D eigenvalue weighted by Crippen LogP contribution is -1.87. The van der Waals surface area contributed by atoms with Crippen molar-refractivity contribution in [2.24, 2.45) is 0 Å². The maximum absolute atomic E-state index is 4.89. The summed E-state index contributed by atoms with van der Waals surface area (Å²) in [6.07, 6.45) is 14.3. The van der Waals surface area contributed by atoms with Crippen LogP contribution in [-0.4, -0.2) is 70.2 Å². The van der Waals surface area contributed by atoms with Gasteiger partial charge in [0.05, 0.1) is 68.3 Å². The van der Waals surface area contributed by atoms with E-state index in [0.717, 1.165) is 106 Å². The highest BCUT2D eigenvalue weighted by Gasteiger charge is 2.18. The topological polar surface area (TPSA) is 192 Å². The van der Waals surface area contributed by atoms with Gasteiger partial charge in [-0.1, -0.05) is 50.2 Å². The summed E-state index contributed by atoms with van der Waals surface area (Å²) < 4.78 is 0. The Morgan fingerprint density at radius 2 is 0.968 bits per heavy atom. The van der Waals surface area contributed by atoms with Gasteiger partial charge in [-0.15, -0.1) is 0 Å². The fourth-order valence-electron chi connectivity index (χ4n) is 7.47. The van der Waals surface area contributed by atoms with Crippen molar-refractivity contribution in [3.8, 4) is 68.1 Å². The minimum Gasteiger partial charge on any atom is -0.337 e. The van der Waals surface area contributed by atoms with E-state index in [1.54, 1.807) is 37.2 Å². The second-order valence-corrected chi connectivity index (χ2v) is 14.4. The van der Waals surface area contributed by atoms with E-state index in [0.29, 0.717) is 11.6 Å². The maximum Gasteiger partial charge on any atom is 0.159 e. The number of hydrogen-bond acceptors (Lipinski definition) is 10. The second kappa shape index (κ2) is 16.7. The Bertz CT molecular complexity index is 3500. The van der Waals surface area contributed by atoms with Crippen LogP contribution in [0.4, 0.5) is 0 Å². The second-order valence-electron chi connectivity index (χ2n) is 14.4. The fourth-order valence-corrected chi connectivity index (χ4v) is 7.47. The molecule has 12 aromatic rings. The predicted octanol–water partition coefficient (Wildman–Crippen LogP) is 10.6. The Kier molecular flexibility index (Phi) is 10.2. The van der Waals surface area contributed by atoms with Crippen molar-refractivity contribution in [1.82, 2.24) is 70.2 Å². The Hall–Kier alpha value is -8.78. The number of imidazole rings is 2. The highest BCUT2D eigenvalue weighted by Crippen LogP contribution is 2.34. The molecule has 0 spiro atoms. The first-order valence-corrected chi connectivity index (χ1v) is 20.4. The van der Waals surface area contributed by atoms with Crippen LogP contribution in [0, 0.1) is 6.92 Å². The Morgan fingerprint density at radius 1 is 0.429 bits per heavy atom.